The van der Waals surface area contributed by atoms with Crippen LogP contribution in [0.2, 0.25) is 0 Å². The average Bonchev–Trinajstić information content (AvgIpc) is 2.68. The molecule has 0 atom stereocenters. The molecule has 4 nitrogen and oxygen atoms in total. The number of nitro groups is 1. The monoisotopic (exact) mass is 394 g/mol. The van der Waals surface area contributed by atoms with Gasteiger partial charge in [-0.25, -0.2) is 0 Å². The second kappa shape index (κ2) is 6.01. The third kappa shape index (κ3) is 3.02. The minimum absolute atomic E-state index is 0.176. The van der Waals surface area contributed by atoms with Gasteiger partial charge in [0, 0.05) is 24.8 Å². The van der Waals surface area contributed by atoms with Gasteiger partial charge in [-0.1, -0.05) is 24.3 Å². The number of hydrogen-bond donors (Lipinski definition) is 0. The van der Waals surface area contributed by atoms with Crippen molar-refractivity contribution in [1.82, 2.24) is 0 Å². The molecule has 5 heteroatoms. The Hall–Kier alpha value is -1.63. The van der Waals surface area contributed by atoms with E-state index in [1.54, 1.807) is 6.07 Å². The molecule has 0 saturated carbocycles. The molecule has 0 aliphatic carbocycles. The van der Waals surface area contributed by atoms with Crippen LogP contribution in [0.1, 0.15) is 17.5 Å². The van der Waals surface area contributed by atoms with E-state index >= 15 is 0 Å². The highest BCUT2D eigenvalue weighted by Gasteiger charge is 2.17. The van der Waals surface area contributed by atoms with Crippen molar-refractivity contribution in [1.29, 1.82) is 0 Å². The SMILES string of the molecule is O=[N+]([O-])c1ccc(N2CCCc3ccccc3C2)cc1I. The van der Waals surface area contributed by atoms with Crippen molar-refractivity contribution in [3.05, 3.63) is 67.3 Å². The number of anilines is 1. The Kier molecular flexibility index (Phi) is 4.10. The molecule has 1 heterocycles. The maximum absolute atomic E-state index is 10.9. The molecule has 2 aromatic carbocycles. The van der Waals surface area contributed by atoms with E-state index in [2.05, 4.69) is 29.2 Å². The van der Waals surface area contributed by atoms with Gasteiger partial charge in [0.15, 0.2) is 0 Å². The van der Waals surface area contributed by atoms with E-state index < -0.39 is 0 Å². The first-order valence-electron chi connectivity index (χ1n) is 6.91. The normalized spacial score (nSPS) is 14.4. The van der Waals surface area contributed by atoms with Crippen LogP contribution in [0.3, 0.4) is 0 Å². The van der Waals surface area contributed by atoms with Gasteiger partial charge in [-0.15, -0.1) is 0 Å². The fourth-order valence-electron chi connectivity index (χ4n) is 2.76. The Balaban J connectivity index is 1.91. The van der Waals surface area contributed by atoms with Crippen LogP contribution in [-0.4, -0.2) is 11.5 Å². The third-order valence-electron chi connectivity index (χ3n) is 3.85. The standard InChI is InChI=1S/C16H15IN2O2/c17-15-10-14(7-8-16(15)19(20)21)18-9-3-6-12-4-1-2-5-13(12)11-18/h1-2,4-5,7-8,10H,3,6,9,11H2. The Bertz CT molecular complexity index is 688. The summed E-state index contributed by atoms with van der Waals surface area (Å²) in [6, 6.07) is 13.9. The minimum atomic E-state index is -0.330. The Morgan fingerprint density at radius 3 is 2.62 bits per heavy atom. The van der Waals surface area contributed by atoms with Crippen LogP contribution in [0.15, 0.2) is 42.5 Å². The first kappa shape index (κ1) is 14.3. The van der Waals surface area contributed by atoms with Gasteiger partial charge in [0.05, 0.1) is 8.49 Å². The van der Waals surface area contributed by atoms with Crippen molar-refractivity contribution in [3.8, 4) is 0 Å². The quantitative estimate of drug-likeness (QED) is 0.437. The van der Waals surface area contributed by atoms with Gasteiger partial charge in [-0.3, -0.25) is 10.1 Å². The molecule has 0 fully saturated rings. The molecule has 1 aliphatic rings. The summed E-state index contributed by atoms with van der Waals surface area (Å²) in [5.41, 5.74) is 4.00. The highest BCUT2D eigenvalue weighted by molar-refractivity contribution is 14.1. The van der Waals surface area contributed by atoms with E-state index in [0.29, 0.717) is 3.57 Å². The molecule has 0 radical (unpaired) electrons. The summed E-state index contributed by atoms with van der Waals surface area (Å²) in [6.45, 7) is 1.84. The fraction of sp³-hybridized carbons (Fsp3) is 0.250. The highest BCUT2D eigenvalue weighted by atomic mass is 127. The van der Waals surface area contributed by atoms with Gasteiger partial charge in [-0.2, -0.15) is 0 Å². The predicted molar refractivity (Wildman–Crippen MR) is 91.6 cm³/mol. The molecule has 1 aliphatic heterocycles. The first-order valence-corrected chi connectivity index (χ1v) is 7.99. The van der Waals surface area contributed by atoms with E-state index in [4.69, 9.17) is 0 Å². The second-order valence-electron chi connectivity index (χ2n) is 5.19. The molecular weight excluding hydrogens is 379 g/mol. The van der Waals surface area contributed by atoms with Crippen LogP contribution in [0, 0.1) is 13.7 Å². The number of nitro benzene ring substituents is 1. The van der Waals surface area contributed by atoms with Crippen LogP contribution < -0.4 is 4.90 Å². The minimum Gasteiger partial charge on any atom is -0.367 e. The summed E-state index contributed by atoms with van der Waals surface area (Å²) in [7, 11) is 0. The van der Waals surface area contributed by atoms with Gasteiger partial charge >= 0.3 is 0 Å². The van der Waals surface area contributed by atoms with E-state index in [1.807, 2.05) is 34.7 Å². The molecule has 0 aromatic heterocycles. The molecule has 21 heavy (non-hydrogen) atoms. The largest absolute Gasteiger partial charge is 0.367 e. The first-order chi connectivity index (χ1) is 10.1. The van der Waals surface area contributed by atoms with E-state index in [1.165, 1.54) is 11.1 Å². The van der Waals surface area contributed by atoms with Crippen LogP contribution in [0.5, 0.6) is 0 Å². The van der Waals surface area contributed by atoms with Crippen molar-refractivity contribution < 1.29 is 4.92 Å². The summed E-state index contributed by atoms with van der Waals surface area (Å²) in [6.07, 6.45) is 2.20. The molecule has 0 spiro atoms. The van der Waals surface area contributed by atoms with Crippen molar-refractivity contribution in [2.24, 2.45) is 0 Å². The molecule has 108 valence electrons. The van der Waals surface area contributed by atoms with Crippen LogP contribution in [0.25, 0.3) is 0 Å². The van der Waals surface area contributed by atoms with Crippen molar-refractivity contribution in [2.75, 3.05) is 11.4 Å². The lowest BCUT2D eigenvalue weighted by atomic mass is 10.0. The molecule has 0 bridgehead atoms. The molecule has 3 rings (SSSR count). The maximum atomic E-state index is 10.9. The third-order valence-corrected chi connectivity index (χ3v) is 4.71. The lowest BCUT2D eigenvalue weighted by Gasteiger charge is -2.23. The number of nitrogens with zero attached hydrogens (tertiary/aromatic N) is 2. The zero-order valence-corrected chi connectivity index (χ0v) is 13.6. The maximum Gasteiger partial charge on any atom is 0.282 e. The number of rotatable bonds is 2. The predicted octanol–water partition coefficient (Wildman–Crippen LogP) is 4.15. The van der Waals surface area contributed by atoms with Crippen molar-refractivity contribution in [3.63, 3.8) is 0 Å². The Morgan fingerprint density at radius 2 is 1.90 bits per heavy atom. The fourth-order valence-corrected chi connectivity index (χ4v) is 3.46. The van der Waals surface area contributed by atoms with Crippen LogP contribution in [-0.2, 0) is 13.0 Å². The number of aryl methyl sites for hydroxylation is 1. The van der Waals surface area contributed by atoms with Crippen molar-refractivity contribution in [2.45, 2.75) is 19.4 Å². The summed E-state index contributed by atoms with van der Waals surface area (Å²) in [5.74, 6) is 0. The highest BCUT2D eigenvalue weighted by Crippen LogP contribution is 2.29. The number of fused-ring (bicyclic) bond motifs is 1. The van der Waals surface area contributed by atoms with Crippen LogP contribution >= 0.6 is 22.6 Å². The molecular formula is C16H15IN2O2. The molecule has 0 amide bonds. The molecule has 0 N–H and O–H groups in total. The molecule has 0 unspecified atom stereocenters. The van der Waals surface area contributed by atoms with E-state index in [0.717, 1.165) is 31.6 Å². The Morgan fingerprint density at radius 1 is 1.14 bits per heavy atom. The summed E-state index contributed by atoms with van der Waals surface area (Å²) < 4.78 is 0.688. The molecule has 2 aromatic rings. The van der Waals surface area contributed by atoms with Gasteiger partial charge in [0.2, 0.25) is 0 Å². The summed E-state index contributed by atoms with van der Waals surface area (Å²) in [5, 5.41) is 10.9. The van der Waals surface area contributed by atoms with Gasteiger partial charge in [0.25, 0.3) is 5.69 Å². The van der Waals surface area contributed by atoms with E-state index in [9.17, 15) is 10.1 Å². The average molecular weight is 394 g/mol. The smallest absolute Gasteiger partial charge is 0.282 e. The van der Waals surface area contributed by atoms with E-state index in [-0.39, 0.29) is 10.6 Å². The topological polar surface area (TPSA) is 46.4 Å². The van der Waals surface area contributed by atoms with Crippen molar-refractivity contribution >= 4 is 34.0 Å². The number of hydrogen-bond acceptors (Lipinski definition) is 3. The molecule has 0 saturated heterocycles. The van der Waals surface area contributed by atoms with Gasteiger partial charge in [-0.05, 0) is 58.7 Å². The van der Waals surface area contributed by atoms with Gasteiger partial charge in [0.1, 0.15) is 0 Å². The zero-order chi connectivity index (χ0) is 14.8. The lowest BCUT2D eigenvalue weighted by Crippen LogP contribution is -2.22. The van der Waals surface area contributed by atoms with Gasteiger partial charge < -0.3 is 4.90 Å². The Labute approximate surface area is 137 Å². The summed E-state index contributed by atoms with van der Waals surface area (Å²) in [4.78, 5) is 12.9. The van der Waals surface area contributed by atoms with Crippen LogP contribution in [0.4, 0.5) is 11.4 Å². The second-order valence-corrected chi connectivity index (χ2v) is 6.35. The number of benzene rings is 2. The lowest BCUT2D eigenvalue weighted by molar-refractivity contribution is -0.385. The summed E-state index contributed by atoms with van der Waals surface area (Å²) >= 11 is 2.04. The zero-order valence-electron chi connectivity index (χ0n) is 11.5. The number of halogens is 1.